The highest BCUT2D eigenvalue weighted by Gasteiger charge is 2.18. The van der Waals surface area contributed by atoms with Crippen LogP contribution in [0, 0.1) is 5.92 Å². The number of nitrogens with one attached hydrogen (secondary N) is 1. The molecule has 21 heavy (non-hydrogen) atoms. The van der Waals surface area contributed by atoms with Crippen LogP contribution in [-0.4, -0.2) is 31.1 Å². The van der Waals surface area contributed by atoms with Gasteiger partial charge in [0.05, 0.1) is 0 Å². The monoisotopic (exact) mass is 290 g/mol. The second-order valence-corrected chi connectivity index (χ2v) is 7.10. The van der Waals surface area contributed by atoms with Crippen molar-refractivity contribution in [2.75, 3.05) is 20.1 Å². The Hall–Kier alpha value is -0.860. The molecule has 0 aliphatic rings. The van der Waals surface area contributed by atoms with Crippen LogP contribution in [0.1, 0.15) is 64.6 Å². The summed E-state index contributed by atoms with van der Waals surface area (Å²) in [6.07, 6.45) is 0. The number of nitrogens with zero attached hydrogens (tertiary/aromatic N) is 1. The SMILES string of the molecule is CNC(CN(CC(C)C)C(C)C)c1ccc(C(C)C)cc1. The molecular formula is C19H34N2. The topological polar surface area (TPSA) is 15.3 Å². The standard InChI is InChI=1S/C19H34N2/c1-14(2)12-21(16(5)6)13-19(20-7)18-10-8-17(9-11-18)15(3)4/h8-11,14-16,19-20H,12-13H2,1-7H3. The van der Waals surface area contributed by atoms with Gasteiger partial charge < -0.3 is 5.32 Å². The summed E-state index contributed by atoms with van der Waals surface area (Å²) in [6.45, 7) is 15.9. The lowest BCUT2D eigenvalue weighted by molar-refractivity contribution is 0.179. The molecule has 0 radical (unpaired) electrons. The Labute approximate surface area is 131 Å². The van der Waals surface area contributed by atoms with E-state index in [-0.39, 0.29) is 0 Å². The average Bonchev–Trinajstić information content (AvgIpc) is 2.42. The Morgan fingerprint density at radius 1 is 0.857 bits per heavy atom. The first-order chi connectivity index (χ1) is 9.85. The molecule has 0 saturated carbocycles. The minimum absolute atomic E-state index is 0.396. The van der Waals surface area contributed by atoms with Crippen molar-refractivity contribution in [2.24, 2.45) is 5.92 Å². The Morgan fingerprint density at radius 3 is 1.76 bits per heavy atom. The summed E-state index contributed by atoms with van der Waals surface area (Å²) in [4.78, 5) is 2.57. The van der Waals surface area contributed by atoms with Crippen LogP contribution < -0.4 is 5.32 Å². The normalized spacial score (nSPS) is 13.7. The van der Waals surface area contributed by atoms with Gasteiger partial charge in [0, 0.05) is 25.2 Å². The Bertz CT molecular complexity index is 393. The van der Waals surface area contributed by atoms with E-state index in [1.54, 1.807) is 0 Å². The van der Waals surface area contributed by atoms with Crippen molar-refractivity contribution in [3.8, 4) is 0 Å². The van der Waals surface area contributed by atoms with E-state index in [2.05, 4.69) is 83.1 Å². The van der Waals surface area contributed by atoms with Gasteiger partial charge in [-0.2, -0.15) is 0 Å². The van der Waals surface area contributed by atoms with Crippen LogP contribution in [0.15, 0.2) is 24.3 Å². The second kappa shape index (κ2) is 8.55. The van der Waals surface area contributed by atoms with Gasteiger partial charge in [-0.05, 0) is 43.9 Å². The Morgan fingerprint density at radius 2 is 1.38 bits per heavy atom. The quantitative estimate of drug-likeness (QED) is 0.761. The third kappa shape index (κ3) is 5.80. The maximum atomic E-state index is 3.48. The lowest BCUT2D eigenvalue weighted by Gasteiger charge is -2.32. The second-order valence-electron chi connectivity index (χ2n) is 7.10. The van der Waals surface area contributed by atoms with Crippen molar-refractivity contribution < 1.29 is 0 Å². The molecule has 1 atom stereocenters. The predicted octanol–water partition coefficient (Wildman–Crippen LogP) is 4.44. The van der Waals surface area contributed by atoms with E-state index in [0.717, 1.165) is 13.1 Å². The average molecular weight is 290 g/mol. The molecule has 0 spiro atoms. The summed E-state index contributed by atoms with van der Waals surface area (Å²) in [5.74, 6) is 1.30. The van der Waals surface area contributed by atoms with Gasteiger partial charge in [0.2, 0.25) is 0 Å². The highest BCUT2D eigenvalue weighted by atomic mass is 15.2. The molecule has 0 bridgehead atoms. The summed E-state index contributed by atoms with van der Waals surface area (Å²) in [5.41, 5.74) is 2.80. The molecule has 1 rings (SSSR count). The fourth-order valence-electron chi connectivity index (χ4n) is 2.68. The van der Waals surface area contributed by atoms with Crippen molar-refractivity contribution in [1.29, 1.82) is 0 Å². The number of rotatable bonds is 8. The number of benzene rings is 1. The zero-order chi connectivity index (χ0) is 16.0. The largest absolute Gasteiger partial charge is 0.312 e. The van der Waals surface area contributed by atoms with Crippen LogP contribution in [-0.2, 0) is 0 Å². The third-order valence-electron chi connectivity index (χ3n) is 4.10. The molecule has 0 aliphatic heterocycles. The van der Waals surface area contributed by atoms with Gasteiger partial charge in [-0.15, -0.1) is 0 Å². The van der Waals surface area contributed by atoms with Gasteiger partial charge in [0.1, 0.15) is 0 Å². The van der Waals surface area contributed by atoms with Gasteiger partial charge in [-0.1, -0.05) is 52.0 Å². The number of hydrogen-bond acceptors (Lipinski definition) is 2. The zero-order valence-electron chi connectivity index (χ0n) is 15.0. The van der Waals surface area contributed by atoms with Crippen molar-refractivity contribution in [2.45, 2.75) is 59.5 Å². The molecule has 1 unspecified atom stereocenters. The van der Waals surface area contributed by atoms with Gasteiger partial charge in [-0.25, -0.2) is 0 Å². The number of hydrogen-bond donors (Lipinski definition) is 1. The molecule has 0 aromatic heterocycles. The molecule has 1 N–H and O–H groups in total. The Kier molecular flexibility index (Phi) is 7.41. The van der Waals surface area contributed by atoms with Gasteiger partial charge >= 0.3 is 0 Å². The van der Waals surface area contributed by atoms with Gasteiger partial charge in [0.25, 0.3) is 0 Å². The van der Waals surface area contributed by atoms with Gasteiger partial charge in [-0.3, -0.25) is 4.90 Å². The van der Waals surface area contributed by atoms with E-state index in [1.165, 1.54) is 11.1 Å². The summed E-state index contributed by atoms with van der Waals surface area (Å²) < 4.78 is 0. The minimum Gasteiger partial charge on any atom is -0.312 e. The van der Waals surface area contributed by atoms with Crippen LogP contribution >= 0.6 is 0 Å². The number of likely N-dealkylation sites (N-methyl/N-ethyl adjacent to an activating group) is 1. The lowest BCUT2D eigenvalue weighted by Crippen LogP contribution is -2.40. The van der Waals surface area contributed by atoms with E-state index in [1.807, 2.05) is 0 Å². The molecular weight excluding hydrogens is 256 g/mol. The molecule has 0 fully saturated rings. The van der Waals surface area contributed by atoms with Crippen molar-refractivity contribution in [3.63, 3.8) is 0 Å². The molecule has 120 valence electrons. The molecule has 0 aliphatic carbocycles. The lowest BCUT2D eigenvalue weighted by atomic mass is 9.98. The molecule has 2 heteroatoms. The zero-order valence-corrected chi connectivity index (χ0v) is 15.0. The van der Waals surface area contributed by atoms with Crippen molar-refractivity contribution in [1.82, 2.24) is 10.2 Å². The molecule has 0 heterocycles. The molecule has 2 nitrogen and oxygen atoms in total. The first kappa shape index (κ1) is 18.2. The first-order valence-corrected chi connectivity index (χ1v) is 8.36. The maximum Gasteiger partial charge on any atom is 0.0446 e. The summed E-state index contributed by atoms with van der Waals surface area (Å²) >= 11 is 0. The van der Waals surface area contributed by atoms with Crippen LogP contribution in [0.3, 0.4) is 0 Å². The summed E-state index contributed by atoms with van der Waals surface area (Å²) in [6, 6.07) is 10.1. The van der Waals surface area contributed by atoms with E-state index in [4.69, 9.17) is 0 Å². The maximum absolute atomic E-state index is 3.48. The van der Waals surface area contributed by atoms with Gasteiger partial charge in [0.15, 0.2) is 0 Å². The third-order valence-corrected chi connectivity index (χ3v) is 4.10. The van der Waals surface area contributed by atoms with Crippen LogP contribution in [0.25, 0.3) is 0 Å². The highest BCUT2D eigenvalue weighted by Crippen LogP contribution is 2.20. The first-order valence-electron chi connectivity index (χ1n) is 8.36. The van der Waals surface area contributed by atoms with Crippen molar-refractivity contribution >= 4 is 0 Å². The minimum atomic E-state index is 0.396. The Balaban J connectivity index is 2.81. The summed E-state index contributed by atoms with van der Waals surface area (Å²) in [7, 11) is 2.06. The molecule has 0 saturated heterocycles. The molecule has 1 aromatic rings. The van der Waals surface area contributed by atoms with Crippen LogP contribution in [0.2, 0.25) is 0 Å². The van der Waals surface area contributed by atoms with E-state index < -0.39 is 0 Å². The molecule has 0 amide bonds. The fraction of sp³-hybridized carbons (Fsp3) is 0.684. The molecule has 1 aromatic carbocycles. The van der Waals surface area contributed by atoms with E-state index in [9.17, 15) is 0 Å². The van der Waals surface area contributed by atoms with Crippen molar-refractivity contribution in [3.05, 3.63) is 35.4 Å². The van der Waals surface area contributed by atoms with Crippen LogP contribution in [0.4, 0.5) is 0 Å². The van der Waals surface area contributed by atoms with Crippen LogP contribution in [0.5, 0.6) is 0 Å². The fourth-order valence-corrected chi connectivity index (χ4v) is 2.68. The smallest absolute Gasteiger partial charge is 0.0446 e. The van der Waals surface area contributed by atoms with E-state index >= 15 is 0 Å². The highest BCUT2D eigenvalue weighted by molar-refractivity contribution is 5.27. The summed E-state index contributed by atoms with van der Waals surface area (Å²) in [5, 5.41) is 3.48. The predicted molar refractivity (Wildman–Crippen MR) is 93.9 cm³/mol. The van der Waals surface area contributed by atoms with E-state index in [0.29, 0.717) is 23.9 Å².